The minimum Gasteiger partial charge on any atom is -0.490 e. The third kappa shape index (κ3) is 4.05. The Morgan fingerprint density at radius 2 is 1.47 bits per heavy atom. The van der Waals surface area contributed by atoms with Gasteiger partial charge in [-0.2, -0.15) is 0 Å². The smallest absolute Gasteiger partial charge is 0.335 e. The molecule has 0 aliphatic heterocycles. The minimum atomic E-state index is -1.04. The lowest BCUT2D eigenvalue weighted by Gasteiger charge is -2.19. The van der Waals surface area contributed by atoms with E-state index in [4.69, 9.17) is 19.3 Å². The van der Waals surface area contributed by atoms with E-state index in [1.165, 1.54) is 19.2 Å². The summed E-state index contributed by atoms with van der Waals surface area (Å²) in [6.07, 6.45) is -0.185. The van der Waals surface area contributed by atoms with Gasteiger partial charge in [0.2, 0.25) is 5.75 Å². The maximum Gasteiger partial charge on any atom is 0.335 e. The number of methoxy groups -OCH3 is 1. The third-order valence-corrected chi connectivity index (χ3v) is 2.20. The molecule has 1 N–H and O–H groups in total. The van der Waals surface area contributed by atoms with Crippen molar-refractivity contribution in [2.24, 2.45) is 0 Å². The van der Waals surface area contributed by atoms with Gasteiger partial charge >= 0.3 is 5.97 Å². The van der Waals surface area contributed by atoms with Crippen LogP contribution < -0.4 is 14.2 Å². The van der Waals surface area contributed by atoms with Crippen LogP contribution in [0.15, 0.2) is 12.1 Å². The summed E-state index contributed by atoms with van der Waals surface area (Å²) in [4.78, 5) is 11.1. The highest BCUT2D eigenvalue weighted by Crippen LogP contribution is 2.39. The van der Waals surface area contributed by atoms with E-state index in [1.54, 1.807) is 0 Å². The second kappa shape index (κ2) is 6.31. The summed E-state index contributed by atoms with van der Waals surface area (Å²) < 4.78 is 16.4. The number of carbonyl (C=O) groups is 1. The Labute approximate surface area is 113 Å². The van der Waals surface area contributed by atoms with Gasteiger partial charge in [-0.25, -0.2) is 4.79 Å². The van der Waals surface area contributed by atoms with E-state index in [0.29, 0.717) is 17.2 Å². The summed E-state index contributed by atoms with van der Waals surface area (Å²) in [5.74, 6) is 0.110. The highest BCUT2D eigenvalue weighted by molar-refractivity contribution is 5.89. The van der Waals surface area contributed by atoms with E-state index in [0.717, 1.165) is 0 Å². The highest BCUT2D eigenvalue weighted by Gasteiger charge is 2.19. The van der Waals surface area contributed by atoms with Crippen molar-refractivity contribution < 1.29 is 24.1 Å². The fourth-order valence-electron chi connectivity index (χ4n) is 1.58. The largest absolute Gasteiger partial charge is 0.490 e. The zero-order valence-corrected chi connectivity index (χ0v) is 11.9. The second-order valence-electron chi connectivity index (χ2n) is 4.64. The molecule has 5 nitrogen and oxygen atoms in total. The molecule has 5 heteroatoms. The summed E-state index contributed by atoms with van der Waals surface area (Å²) in [5, 5.41) is 9.11. The van der Waals surface area contributed by atoms with E-state index < -0.39 is 5.97 Å². The Bertz CT molecular complexity index is 420. The molecule has 19 heavy (non-hydrogen) atoms. The molecule has 0 saturated carbocycles. The molecule has 106 valence electrons. The van der Waals surface area contributed by atoms with Gasteiger partial charge in [-0.05, 0) is 39.8 Å². The predicted molar refractivity (Wildman–Crippen MR) is 71.5 cm³/mol. The number of ether oxygens (including phenoxy) is 3. The van der Waals surface area contributed by atoms with Gasteiger partial charge < -0.3 is 19.3 Å². The minimum absolute atomic E-state index is 0.0927. The van der Waals surface area contributed by atoms with Crippen LogP contribution in [-0.4, -0.2) is 30.4 Å². The number of rotatable bonds is 6. The molecule has 1 aromatic carbocycles. The van der Waals surface area contributed by atoms with Gasteiger partial charge in [-0.15, -0.1) is 0 Å². The van der Waals surface area contributed by atoms with Crippen LogP contribution in [-0.2, 0) is 0 Å². The first kappa shape index (κ1) is 15.1. The average molecular weight is 268 g/mol. The lowest BCUT2D eigenvalue weighted by molar-refractivity contribution is 0.0695. The summed E-state index contributed by atoms with van der Waals surface area (Å²) in [6, 6.07) is 2.88. The van der Waals surface area contributed by atoms with E-state index in [1.807, 2.05) is 27.7 Å². The lowest BCUT2D eigenvalue weighted by atomic mass is 10.2. The van der Waals surface area contributed by atoms with Gasteiger partial charge in [0.05, 0.1) is 24.9 Å². The number of carboxylic acid groups (broad SMARTS) is 1. The SMILES string of the molecule is COc1c(OC(C)C)cc(C(=O)O)cc1OC(C)C. The Morgan fingerprint density at radius 1 is 1.05 bits per heavy atom. The molecule has 0 saturated heterocycles. The second-order valence-corrected chi connectivity index (χ2v) is 4.64. The number of benzene rings is 1. The van der Waals surface area contributed by atoms with Gasteiger partial charge in [0.15, 0.2) is 11.5 Å². The molecule has 1 rings (SSSR count). The van der Waals surface area contributed by atoms with Crippen molar-refractivity contribution in [2.75, 3.05) is 7.11 Å². The Kier molecular flexibility index (Phi) is 5.03. The summed E-state index contributed by atoms with van der Waals surface area (Å²) in [6.45, 7) is 7.43. The zero-order chi connectivity index (χ0) is 14.6. The molecule has 0 aliphatic rings. The normalized spacial score (nSPS) is 10.7. The van der Waals surface area contributed by atoms with Crippen molar-refractivity contribution in [3.05, 3.63) is 17.7 Å². The average Bonchev–Trinajstić information content (AvgIpc) is 2.26. The maximum absolute atomic E-state index is 11.1. The fourth-order valence-corrected chi connectivity index (χ4v) is 1.58. The number of aromatic carboxylic acids is 1. The van der Waals surface area contributed by atoms with E-state index in [-0.39, 0.29) is 17.8 Å². The fraction of sp³-hybridized carbons (Fsp3) is 0.500. The quantitative estimate of drug-likeness (QED) is 0.859. The summed E-state index contributed by atoms with van der Waals surface area (Å²) in [5.41, 5.74) is 0.104. The van der Waals surface area contributed by atoms with Gasteiger partial charge in [-0.1, -0.05) is 0 Å². The third-order valence-electron chi connectivity index (χ3n) is 2.20. The number of hydrogen-bond acceptors (Lipinski definition) is 4. The number of carboxylic acids is 1. The molecule has 0 bridgehead atoms. The summed E-state index contributed by atoms with van der Waals surface area (Å²) >= 11 is 0. The van der Waals surface area contributed by atoms with Gasteiger partial charge in [0.1, 0.15) is 0 Å². The first-order valence-corrected chi connectivity index (χ1v) is 6.13. The van der Waals surface area contributed by atoms with Gasteiger partial charge in [0.25, 0.3) is 0 Å². The standard InChI is InChI=1S/C14H20O5/c1-8(2)18-11-6-10(14(15)16)7-12(13(11)17-5)19-9(3)4/h6-9H,1-5H3,(H,15,16). The molecule has 0 spiro atoms. The van der Waals surface area contributed by atoms with E-state index in [9.17, 15) is 4.79 Å². The zero-order valence-electron chi connectivity index (χ0n) is 11.9. The van der Waals surface area contributed by atoms with E-state index >= 15 is 0 Å². The van der Waals surface area contributed by atoms with Gasteiger partial charge in [-0.3, -0.25) is 0 Å². The van der Waals surface area contributed by atoms with Crippen LogP contribution in [0.5, 0.6) is 17.2 Å². The topological polar surface area (TPSA) is 65.0 Å². The van der Waals surface area contributed by atoms with Gasteiger partial charge in [0, 0.05) is 0 Å². The van der Waals surface area contributed by atoms with Crippen LogP contribution in [0.3, 0.4) is 0 Å². The Balaban J connectivity index is 3.33. The van der Waals surface area contributed by atoms with E-state index in [2.05, 4.69) is 0 Å². The molecule has 0 unspecified atom stereocenters. The van der Waals surface area contributed by atoms with Crippen LogP contribution in [0.4, 0.5) is 0 Å². The number of hydrogen-bond donors (Lipinski definition) is 1. The van der Waals surface area contributed by atoms with Crippen molar-refractivity contribution >= 4 is 5.97 Å². The molecular weight excluding hydrogens is 248 g/mol. The molecule has 0 heterocycles. The molecule has 0 atom stereocenters. The Morgan fingerprint density at radius 3 is 1.74 bits per heavy atom. The van der Waals surface area contributed by atoms with Crippen LogP contribution in [0.1, 0.15) is 38.1 Å². The maximum atomic E-state index is 11.1. The molecule has 0 amide bonds. The highest BCUT2D eigenvalue weighted by atomic mass is 16.5. The molecule has 0 aromatic heterocycles. The van der Waals surface area contributed by atoms with Crippen molar-refractivity contribution in [3.63, 3.8) is 0 Å². The Hall–Kier alpha value is -1.91. The van der Waals surface area contributed by atoms with Crippen LogP contribution >= 0.6 is 0 Å². The van der Waals surface area contributed by atoms with Crippen molar-refractivity contribution in [2.45, 2.75) is 39.9 Å². The van der Waals surface area contributed by atoms with Crippen LogP contribution in [0, 0.1) is 0 Å². The lowest BCUT2D eigenvalue weighted by Crippen LogP contribution is -2.11. The molecular formula is C14H20O5. The first-order valence-electron chi connectivity index (χ1n) is 6.13. The van der Waals surface area contributed by atoms with Crippen LogP contribution in [0.2, 0.25) is 0 Å². The molecule has 0 fully saturated rings. The monoisotopic (exact) mass is 268 g/mol. The summed E-state index contributed by atoms with van der Waals surface area (Å²) in [7, 11) is 1.50. The van der Waals surface area contributed by atoms with Crippen LogP contribution in [0.25, 0.3) is 0 Å². The molecule has 0 aliphatic carbocycles. The molecule has 1 aromatic rings. The van der Waals surface area contributed by atoms with Crippen molar-refractivity contribution in [1.29, 1.82) is 0 Å². The van der Waals surface area contributed by atoms with Crippen molar-refractivity contribution in [1.82, 2.24) is 0 Å². The molecule has 0 radical (unpaired) electrons. The predicted octanol–water partition coefficient (Wildman–Crippen LogP) is 2.97. The van der Waals surface area contributed by atoms with Crippen molar-refractivity contribution in [3.8, 4) is 17.2 Å². The first-order chi connectivity index (χ1) is 8.85.